The van der Waals surface area contributed by atoms with E-state index in [2.05, 4.69) is 5.32 Å². The van der Waals surface area contributed by atoms with Crippen LogP contribution < -0.4 is 5.32 Å². The van der Waals surface area contributed by atoms with Crippen LogP contribution in [0.15, 0.2) is 24.3 Å². The van der Waals surface area contributed by atoms with Crippen LogP contribution in [0.1, 0.15) is 25.0 Å². The molecule has 1 rings (SSSR count). The van der Waals surface area contributed by atoms with Gasteiger partial charge in [0.25, 0.3) is 0 Å². The minimum absolute atomic E-state index is 0.00382. The highest BCUT2D eigenvalue weighted by atomic mass is 16.3. The number of nitrogens with zero attached hydrogens (tertiary/aromatic N) is 1. The Hall–Kier alpha value is -1.39. The maximum Gasteiger partial charge on any atom is 0.237 e. The third kappa shape index (κ3) is 5.01. The number of nitrogens with one attached hydrogen (secondary N) is 1. The Kier molecular flexibility index (Phi) is 6.53. The van der Waals surface area contributed by atoms with E-state index in [4.69, 9.17) is 5.11 Å². The van der Waals surface area contributed by atoms with Gasteiger partial charge in [0.1, 0.15) is 0 Å². The number of hydrogen-bond donors (Lipinski definition) is 2. The first-order chi connectivity index (χ1) is 9.08. The van der Waals surface area contributed by atoms with E-state index in [9.17, 15) is 4.79 Å². The summed E-state index contributed by atoms with van der Waals surface area (Å²) in [5.74, 6) is -0.00382. The Bertz CT molecular complexity index is 390. The lowest BCUT2D eigenvalue weighted by Gasteiger charge is -2.26. The minimum atomic E-state index is -0.220. The highest BCUT2D eigenvalue weighted by Gasteiger charge is 2.18. The van der Waals surface area contributed by atoms with E-state index in [0.717, 1.165) is 12.1 Å². The fourth-order valence-electron chi connectivity index (χ4n) is 1.96. The first kappa shape index (κ1) is 15.7. The minimum Gasteiger partial charge on any atom is -0.395 e. The van der Waals surface area contributed by atoms with Crippen molar-refractivity contribution in [3.63, 3.8) is 0 Å². The first-order valence-electron chi connectivity index (χ1n) is 6.76. The standard InChI is InChI=1S/C15H24N2O2/c1-4-17(9-10-18)13(3)15(19)16-11-14-7-5-12(2)6-8-14/h5-8,13,18H,4,9-11H2,1-3H3,(H,16,19). The fourth-order valence-corrected chi connectivity index (χ4v) is 1.96. The van der Waals surface area contributed by atoms with Gasteiger partial charge in [0.05, 0.1) is 12.6 Å². The van der Waals surface area contributed by atoms with Crippen molar-refractivity contribution in [3.8, 4) is 0 Å². The molecular weight excluding hydrogens is 240 g/mol. The second-order valence-electron chi connectivity index (χ2n) is 4.73. The molecule has 0 aliphatic carbocycles. The average Bonchev–Trinajstić information content (AvgIpc) is 2.43. The van der Waals surface area contributed by atoms with Crippen LogP contribution in [0.3, 0.4) is 0 Å². The molecule has 4 nitrogen and oxygen atoms in total. The second kappa shape index (κ2) is 7.92. The van der Waals surface area contributed by atoms with E-state index in [0.29, 0.717) is 13.1 Å². The smallest absolute Gasteiger partial charge is 0.237 e. The number of amides is 1. The molecule has 106 valence electrons. The van der Waals surface area contributed by atoms with Gasteiger partial charge in [-0.2, -0.15) is 0 Å². The summed E-state index contributed by atoms with van der Waals surface area (Å²) < 4.78 is 0. The highest BCUT2D eigenvalue weighted by Crippen LogP contribution is 2.04. The summed E-state index contributed by atoms with van der Waals surface area (Å²) in [6.07, 6.45) is 0. The Labute approximate surface area is 115 Å². The summed E-state index contributed by atoms with van der Waals surface area (Å²) in [7, 11) is 0. The maximum atomic E-state index is 12.0. The van der Waals surface area contributed by atoms with Crippen molar-refractivity contribution in [1.82, 2.24) is 10.2 Å². The number of carbonyl (C=O) groups excluding carboxylic acids is 1. The van der Waals surface area contributed by atoms with E-state index >= 15 is 0 Å². The molecule has 0 bridgehead atoms. The molecule has 0 radical (unpaired) electrons. The molecule has 0 saturated heterocycles. The molecule has 0 fully saturated rings. The van der Waals surface area contributed by atoms with Gasteiger partial charge in [-0.25, -0.2) is 0 Å². The molecule has 0 aromatic heterocycles. The van der Waals surface area contributed by atoms with Crippen LogP contribution in [0.2, 0.25) is 0 Å². The molecule has 0 aliphatic rings. The molecule has 1 unspecified atom stereocenters. The SMILES string of the molecule is CCN(CCO)C(C)C(=O)NCc1ccc(C)cc1. The van der Waals surface area contributed by atoms with Gasteiger partial charge in [-0.05, 0) is 26.0 Å². The zero-order valence-electron chi connectivity index (χ0n) is 12.0. The zero-order valence-corrected chi connectivity index (χ0v) is 12.0. The Morgan fingerprint density at radius 1 is 1.37 bits per heavy atom. The quantitative estimate of drug-likeness (QED) is 0.781. The topological polar surface area (TPSA) is 52.6 Å². The van der Waals surface area contributed by atoms with Gasteiger partial charge in [-0.15, -0.1) is 0 Å². The Morgan fingerprint density at radius 3 is 2.53 bits per heavy atom. The van der Waals surface area contributed by atoms with Gasteiger partial charge in [-0.1, -0.05) is 36.8 Å². The monoisotopic (exact) mass is 264 g/mol. The summed E-state index contributed by atoms with van der Waals surface area (Å²) in [5.41, 5.74) is 2.31. The van der Waals surface area contributed by atoms with Crippen LogP contribution in [0, 0.1) is 6.92 Å². The zero-order chi connectivity index (χ0) is 14.3. The fraction of sp³-hybridized carbons (Fsp3) is 0.533. The van der Waals surface area contributed by atoms with E-state index in [1.807, 2.05) is 49.9 Å². The van der Waals surface area contributed by atoms with E-state index in [1.54, 1.807) is 0 Å². The number of carbonyl (C=O) groups is 1. The number of aryl methyl sites for hydroxylation is 1. The third-order valence-electron chi connectivity index (χ3n) is 3.31. The van der Waals surface area contributed by atoms with Crippen molar-refractivity contribution in [1.29, 1.82) is 0 Å². The summed E-state index contributed by atoms with van der Waals surface area (Å²) in [6, 6.07) is 7.89. The molecule has 19 heavy (non-hydrogen) atoms. The summed E-state index contributed by atoms with van der Waals surface area (Å²) in [6.45, 7) is 7.78. The largest absolute Gasteiger partial charge is 0.395 e. The van der Waals surface area contributed by atoms with Crippen molar-refractivity contribution in [2.75, 3.05) is 19.7 Å². The van der Waals surface area contributed by atoms with Gasteiger partial charge in [0.2, 0.25) is 5.91 Å². The van der Waals surface area contributed by atoms with Crippen LogP contribution in [-0.4, -0.2) is 41.7 Å². The molecule has 1 aromatic carbocycles. The molecule has 4 heteroatoms. The van der Waals surface area contributed by atoms with Crippen molar-refractivity contribution in [3.05, 3.63) is 35.4 Å². The molecule has 1 amide bonds. The van der Waals surface area contributed by atoms with Gasteiger partial charge in [0.15, 0.2) is 0 Å². The van der Waals surface area contributed by atoms with Crippen LogP contribution in [-0.2, 0) is 11.3 Å². The number of rotatable bonds is 7. The molecule has 0 aliphatic heterocycles. The molecule has 1 atom stereocenters. The van der Waals surface area contributed by atoms with Crippen molar-refractivity contribution in [2.45, 2.75) is 33.4 Å². The molecule has 2 N–H and O–H groups in total. The normalized spacial score (nSPS) is 12.5. The number of benzene rings is 1. The molecule has 0 spiro atoms. The molecule has 0 saturated carbocycles. The van der Waals surface area contributed by atoms with E-state index in [-0.39, 0.29) is 18.6 Å². The van der Waals surface area contributed by atoms with E-state index < -0.39 is 0 Å². The average molecular weight is 264 g/mol. The summed E-state index contributed by atoms with van der Waals surface area (Å²) >= 11 is 0. The number of hydrogen-bond acceptors (Lipinski definition) is 3. The predicted molar refractivity (Wildman–Crippen MR) is 76.8 cm³/mol. The predicted octanol–water partition coefficient (Wildman–Crippen LogP) is 1.31. The van der Waals surface area contributed by atoms with Gasteiger partial charge >= 0.3 is 0 Å². The first-order valence-corrected chi connectivity index (χ1v) is 6.76. The van der Waals surface area contributed by atoms with Crippen LogP contribution in [0.25, 0.3) is 0 Å². The second-order valence-corrected chi connectivity index (χ2v) is 4.73. The molecule has 0 heterocycles. The molecule has 1 aromatic rings. The summed E-state index contributed by atoms with van der Waals surface area (Å²) in [4.78, 5) is 14.0. The number of likely N-dealkylation sites (N-methyl/N-ethyl adjacent to an activating group) is 1. The lowest BCUT2D eigenvalue weighted by molar-refractivity contribution is -0.126. The lowest BCUT2D eigenvalue weighted by Crippen LogP contribution is -2.45. The number of aliphatic hydroxyl groups excluding tert-OH is 1. The van der Waals surface area contributed by atoms with Crippen molar-refractivity contribution in [2.24, 2.45) is 0 Å². The lowest BCUT2D eigenvalue weighted by atomic mass is 10.1. The van der Waals surface area contributed by atoms with Crippen molar-refractivity contribution >= 4 is 5.91 Å². The van der Waals surface area contributed by atoms with Gasteiger partial charge < -0.3 is 10.4 Å². The van der Waals surface area contributed by atoms with E-state index in [1.165, 1.54) is 5.56 Å². The Morgan fingerprint density at radius 2 is 2.00 bits per heavy atom. The van der Waals surface area contributed by atoms with Crippen LogP contribution in [0.4, 0.5) is 0 Å². The summed E-state index contributed by atoms with van der Waals surface area (Å²) in [5, 5.41) is 11.9. The van der Waals surface area contributed by atoms with Crippen LogP contribution in [0.5, 0.6) is 0 Å². The highest BCUT2D eigenvalue weighted by molar-refractivity contribution is 5.81. The third-order valence-corrected chi connectivity index (χ3v) is 3.31. The van der Waals surface area contributed by atoms with Crippen molar-refractivity contribution < 1.29 is 9.90 Å². The molecular formula is C15H24N2O2. The van der Waals surface area contributed by atoms with Gasteiger partial charge in [-0.3, -0.25) is 9.69 Å². The number of aliphatic hydroxyl groups is 1. The van der Waals surface area contributed by atoms with Crippen LogP contribution >= 0.6 is 0 Å². The van der Waals surface area contributed by atoms with Gasteiger partial charge in [0, 0.05) is 13.1 Å². The Balaban J connectivity index is 2.47. The maximum absolute atomic E-state index is 12.0.